The van der Waals surface area contributed by atoms with Crippen LogP contribution in [0.25, 0.3) is 0 Å². The van der Waals surface area contributed by atoms with Crippen molar-refractivity contribution in [1.82, 2.24) is 4.90 Å². The normalized spacial score (nSPS) is 34.2. The predicted octanol–water partition coefficient (Wildman–Crippen LogP) is 1.82. The summed E-state index contributed by atoms with van der Waals surface area (Å²) < 4.78 is 0. The maximum Gasteiger partial charge on any atom is 0.143 e. The molecule has 0 spiro atoms. The minimum absolute atomic E-state index is 0.0394. The highest BCUT2D eigenvalue weighted by molar-refractivity contribution is 6.02. The van der Waals surface area contributed by atoms with Crippen LogP contribution in [0.5, 0.6) is 0 Å². The summed E-state index contributed by atoms with van der Waals surface area (Å²) in [5.74, 6) is 0.324. The van der Waals surface area contributed by atoms with Crippen LogP contribution in [0.15, 0.2) is 12.7 Å². The molecule has 3 nitrogen and oxygen atoms in total. The van der Waals surface area contributed by atoms with Gasteiger partial charge in [0.15, 0.2) is 0 Å². The molecule has 2 rings (SSSR count). The first kappa shape index (κ1) is 12.5. The number of rotatable bonds is 3. The van der Waals surface area contributed by atoms with Crippen molar-refractivity contribution in [3.63, 3.8) is 0 Å². The first-order valence-electron chi connectivity index (χ1n) is 6.51. The van der Waals surface area contributed by atoms with Crippen molar-refractivity contribution in [2.45, 2.75) is 38.6 Å². The number of carbonyl (C=O) groups excluding carboxylic acids is 2. The molecule has 0 bridgehead atoms. The van der Waals surface area contributed by atoms with E-state index in [1.807, 2.05) is 6.08 Å². The number of fused-ring (bicyclic) bond motifs is 1. The molecule has 0 aromatic carbocycles. The lowest BCUT2D eigenvalue weighted by Gasteiger charge is -2.45. The topological polar surface area (TPSA) is 37.4 Å². The second-order valence-electron chi connectivity index (χ2n) is 5.32. The van der Waals surface area contributed by atoms with Crippen molar-refractivity contribution in [2.75, 3.05) is 13.1 Å². The molecule has 0 amide bonds. The SMILES string of the molecule is C=CCN1CCCC2CC(=O)C(C(C)=O)CC21. The van der Waals surface area contributed by atoms with Crippen LogP contribution in [0.3, 0.4) is 0 Å². The lowest BCUT2D eigenvalue weighted by atomic mass is 9.72. The van der Waals surface area contributed by atoms with E-state index in [4.69, 9.17) is 0 Å². The fourth-order valence-corrected chi connectivity index (χ4v) is 3.35. The van der Waals surface area contributed by atoms with E-state index in [1.54, 1.807) is 6.92 Å². The number of hydrogen-bond acceptors (Lipinski definition) is 3. The Balaban J connectivity index is 2.12. The van der Waals surface area contributed by atoms with Gasteiger partial charge >= 0.3 is 0 Å². The van der Waals surface area contributed by atoms with E-state index in [0.29, 0.717) is 18.4 Å². The maximum absolute atomic E-state index is 11.9. The predicted molar refractivity (Wildman–Crippen MR) is 66.7 cm³/mol. The average Bonchev–Trinajstić information content (AvgIpc) is 2.28. The van der Waals surface area contributed by atoms with Crippen LogP contribution >= 0.6 is 0 Å². The molecule has 0 radical (unpaired) electrons. The van der Waals surface area contributed by atoms with Crippen molar-refractivity contribution in [2.24, 2.45) is 11.8 Å². The van der Waals surface area contributed by atoms with E-state index in [0.717, 1.165) is 32.4 Å². The van der Waals surface area contributed by atoms with Gasteiger partial charge in [-0.1, -0.05) is 6.08 Å². The van der Waals surface area contributed by atoms with Gasteiger partial charge in [0.25, 0.3) is 0 Å². The van der Waals surface area contributed by atoms with Gasteiger partial charge in [0.2, 0.25) is 0 Å². The fraction of sp³-hybridized carbons (Fsp3) is 0.714. The van der Waals surface area contributed by atoms with Gasteiger partial charge in [-0.2, -0.15) is 0 Å². The number of carbonyl (C=O) groups is 2. The van der Waals surface area contributed by atoms with Crippen LogP contribution in [0.4, 0.5) is 0 Å². The maximum atomic E-state index is 11.9. The molecule has 17 heavy (non-hydrogen) atoms. The van der Waals surface area contributed by atoms with Crippen LogP contribution in [0.2, 0.25) is 0 Å². The number of nitrogens with zero attached hydrogens (tertiary/aromatic N) is 1. The molecular weight excluding hydrogens is 214 g/mol. The van der Waals surface area contributed by atoms with E-state index in [9.17, 15) is 9.59 Å². The highest BCUT2D eigenvalue weighted by atomic mass is 16.1. The molecule has 1 saturated carbocycles. The minimum atomic E-state index is -0.346. The van der Waals surface area contributed by atoms with E-state index < -0.39 is 0 Å². The van der Waals surface area contributed by atoms with E-state index >= 15 is 0 Å². The zero-order valence-corrected chi connectivity index (χ0v) is 10.5. The van der Waals surface area contributed by atoms with Crippen LogP contribution in [-0.4, -0.2) is 35.6 Å². The molecular formula is C14H21NO2. The Bertz CT molecular complexity index is 331. The van der Waals surface area contributed by atoms with Gasteiger partial charge in [0.1, 0.15) is 11.6 Å². The monoisotopic (exact) mass is 235 g/mol. The summed E-state index contributed by atoms with van der Waals surface area (Å²) >= 11 is 0. The second kappa shape index (κ2) is 5.13. The quantitative estimate of drug-likeness (QED) is 0.553. The number of piperidine rings is 1. The smallest absolute Gasteiger partial charge is 0.143 e. The number of ketones is 2. The highest BCUT2D eigenvalue weighted by Crippen LogP contribution is 2.36. The van der Waals surface area contributed by atoms with Crippen molar-refractivity contribution >= 4 is 11.6 Å². The van der Waals surface area contributed by atoms with E-state index in [1.165, 1.54) is 0 Å². The molecule has 0 aromatic heterocycles. The molecule has 1 aliphatic carbocycles. The third kappa shape index (κ3) is 2.49. The third-order valence-electron chi connectivity index (χ3n) is 4.22. The minimum Gasteiger partial charge on any atom is -0.299 e. The number of Topliss-reactive ketones (excluding diaryl/α,β-unsaturated/α-hetero) is 2. The van der Waals surface area contributed by atoms with Crippen molar-refractivity contribution in [3.05, 3.63) is 12.7 Å². The van der Waals surface area contributed by atoms with Gasteiger partial charge in [-0.25, -0.2) is 0 Å². The Morgan fingerprint density at radius 2 is 2.35 bits per heavy atom. The summed E-state index contributed by atoms with van der Waals surface area (Å²) in [7, 11) is 0. The molecule has 94 valence electrons. The molecule has 3 heteroatoms. The number of hydrogen-bond donors (Lipinski definition) is 0. The van der Waals surface area contributed by atoms with Gasteiger partial charge in [-0.15, -0.1) is 6.58 Å². The van der Waals surface area contributed by atoms with Gasteiger partial charge in [0, 0.05) is 19.0 Å². The fourth-order valence-electron chi connectivity index (χ4n) is 3.35. The molecule has 2 aliphatic rings. The third-order valence-corrected chi connectivity index (χ3v) is 4.22. The zero-order chi connectivity index (χ0) is 12.4. The summed E-state index contributed by atoms with van der Waals surface area (Å²) in [6.45, 7) is 7.28. The summed E-state index contributed by atoms with van der Waals surface area (Å²) in [6.07, 6.45) is 5.54. The van der Waals surface area contributed by atoms with Gasteiger partial charge in [0.05, 0.1) is 5.92 Å². The van der Waals surface area contributed by atoms with Crippen molar-refractivity contribution in [1.29, 1.82) is 0 Å². The van der Waals surface area contributed by atoms with Crippen LogP contribution in [0, 0.1) is 11.8 Å². The average molecular weight is 235 g/mol. The van der Waals surface area contributed by atoms with E-state index in [2.05, 4.69) is 11.5 Å². The lowest BCUT2D eigenvalue weighted by Crippen LogP contribution is -2.51. The molecule has 0 N–H and O–H groups in total. The van der Waals surface area contributed by atoms with Gasteiger partial charge in [-0.05, 0) is 38.6 Å². The summed E-state index contributed by atoms with van der Waals surface area (Å²) in [5.41, 5.74) is 0. The molecule has 1 saturated heterocycles. The first-order valence-corrected chi connectivity index (χ1v) is 6.51. The largest absolute Gasteiger partial charge is 0.299 e. The molecule has 0 aromatic rings. The Morgan fingerprint density at radius 3 is 3.00 bits per heavy atom. The highest BCUT2D eigenvalue weighted by Gasteiger charge is 2.41. The van der Waals surface area contributed by atoms with Crippen molar-refractivity contribution < 1.29 is 9.59 Å². The summed E-state index contributed by atoms with van der Waals surface area (Å²) in [5, 5.41) is 0. The van der Waals surface area contributed by atoms with E-state index in [-0.39, 0.29) is 17.5 Å². The summed E-state index contributed by atoms with van der Waals surface area (Å²) in [6, 6.07) is 0.411. The van der Waals surface area contributed by atoms with Crippen LogP contribution in [-0.2, 0) is 9.59 Å². The Hall–Kier alpha value is -0.960. The van der Waals surface area contributed by atoms with Crippen LogP contribution < -0.4 is 0 Å². The summed E-state index contributed by atoms with van der Waals surface area (Å²) in [4.78, 5) is 25.8. The molecule has 1 aliphatic heterocycles. The van der Waals surface area contributed by atoms with Gasteiger partial charge in [-0.3, -0.25) is 14.5 Å². The Morgan fingerprint density at radius 1 is 1.59 bits per heavy atom. The Kier molecular flexibility index (Phi) is 3.77. The van der Waals surface area contributed by atoms with Gasteiger partial charge < -0.3 is 0 Å². The molecule has 3 unspecified atom stereocenters. The van der Waals surface area contributed by atoms with Crippen molar-refractivity contribution in [3.8, 4) is 0 Å². The zero-order valence-electron chi connectivity index (χ0n) is 10.5. The first-order chi connectivity index (χ1) is 8.13. The lowest BCUT2D eigenvalue weighted by molar-refractivity contribution is -0.137. The standard InChI is InChI=1S/C14H21NO2/c1-3-6-15-7-4-5-11-8-14(17)12(10(2)16)9-13(11)15/h3,11-13H,1,4-9H2,2H3. The molecule has 3 atom stereocenters. The Labute approximate surface area is 103 Å². The number of likely N-dealkylation sites (tertiary alicyclic amines) is 1. The van der Waals surface area contributed by atoms with Crippen LogP contribution in [0.1, 0.15) is 32.6 Å². The molecule has 1 heterocycles. The second-order valence-corrected chi connectivity index (χ2v) is 5.32. The molecule has 2 fully saturated rings.